The van der Waals surface area contributed by atoms with Gasteiger partial charge in [0.1, 0.15) is 0 Å². The molecule has 51 heavy (non-hydrogen) atoms. The molecular weight excluding hydrogens is 637 g/mol. The summed E-state index contributed by atoms with van der Waals surface area (Å²) in [6.45, 7) is 0. The van der Waals surface area contributed by atoms with Crippen LogP contribution in [0.2, 0.25) is 0 Å². The van der Waals surface area contributed by atoms with Gasteiger partial charge in [-0.1, -0.05) is 127 Å². The number of hydrogen-bond acceptors (Lipinski definition) is 1. The highest BCUT2D eigenvalue weighted by molar-refractivity contribution is 7.26. The van der Waals surface area contributed by atoms with Gasteiger partial charge in [-0.05, 0) is 76.9 Å². The Morgan fingerprint density at radius 1 is 0.353 bits per heavy atom. The number of hydrogen-bond donors (Lipinski definition) is 0. The maximum atomic E-state index is 2.48. The van der Waals surface area contributed by atoms with Crippen LogP contribution in [0.25, 0.3) is 97.4 Å². The second-order valence-corrected chi connectivity index (χ2v) is 14.4. The molecule has 0 spiro atoms. The summed E-state index contributed by atoms with van der Waals surface area (Å²) in [5.41, 5.74) is 12.2. The van der Waals surface area contributed by atoms with Gasteiger partial charge >= 0.3 is 0 Å². The van der Waals surface area contributed by atoms with Crippen LogP contribution in [0, 0.1) is 0 Å². The first kappa shape index (κ1) is 28.4. The van der Waals surface area contributed by atoms with Crippen LogP contribution in [0.4, 0.5) is 0 Å². The van der Waals surface area contributed by atoms with Crippen molar-refractivity contribution in [2.75, 3.05) is 0 Å². The molecule has 0 aliphatic rings. The molecule has 238 valence electrons. The van der Waals surface area contributed by atoms with Crippen molar-refractivity contribution in [1.29, 1.82) is 0 Å². The Bertz CT molecular complexity index is 3130. The summed E-state index contributed by atoms with van der Waals surface area (Å²) in [7, 11) is 0. The van der Waals surface area contributed by atoms with E-state index in [1.54, 1.807) is 0 Å². The first-order valence-electron chi connectivity index (χ1n) is 17.4. The number of fused-ring (bicyclic) bond motifs is 9. The summed E-state index contributed by atoms with van der Waals surface area (Å²) in [5.74, 6) is 0. The Hall–Kier alpha value is -6.42. The fourth-order valence-corrected chi connectivity index (χ4v) is 9.50. The molecule has 0 saturated heterocycles. The SMILES string of the molecule is c1ccc(-c2ccc(-n3c4ccccc4c4cc(-c5ccc6c7ccccc7n(-c7ccccc7)c6c5)ccc43)c3sc4ccccc4c23)cc1. The zero-order valence-electron chi connectivity index (χ0n) is 27.6. The number of para-hydroxylation sites is 3. The predicted octanol–water partition coefficient (Wildman–Crippen LogP) is 13.6. The lowest BCUT2D eigenvalue weighted by Gasteiger charge is -2.13. The minimum absolute atomic E-state index is 1.17. The molecule has 3 heteroatoms. The number of nitrogens with zero attached hydrogens (tertiary/aromatic N) is 2. The molecule has 11 aromatic rings. The Morgan fingerprint density at radius 3 is 1.75 bits per heavy atom. The number of benzene rings is 8. The van der Waals surface area contributed by atoms with Crippen LogP contribution in [0.5, 0.6) is 0 Å². The molecule has 0 N–H and O–H groups in total. The van der Waals surface area contributed by atoms with Crippen LogP contribution in [-0.4, -0.2) is 9.13 Å². The van der Waals surface area contributed by atoms with E-state index in [0.29, 0.717) is 0 Å². The highest BCUT2D eigenvalue weighted by Crippen LogP contribution is 2.45. The van der Waals surface area contributed by atoms with Gasteiger partial charge in [-0.25, -0.2) is 0 Å². The minimum Gasteiger partial charge on any atom is -0.309 e. The van der Waals surface area contributed by atoms with E-state index in [-0.39, 0.29) is 0 Å². The smallest absolute Gasteiger partial charge is 0.0641 e. The molecule has 8 aromatic carbocycles. The maximum absolute atomic E-state index is 2.48. The second kappa shape index (κ2) is 11.0. The molecule has 0 amide bonds. The molecule has 0 radical (unpaired) electrons. The molecule has 11 rings (SSSR count). The molecular formula is C48H30N2S. The van der Waals surface area contributed by atoms with E-state index in [1.807, 2.05) is 11.3 Å². The van der Waals surface area contributed by atoms with E-state index in [2.05, 4.69) is 191 Å². The predicted molar refractivity (Wildman–Crippen MR) is 219 cm³/mol. The minimum atomic E-state index is 1.17. The molecule has 0 bridgehead atoms. The lowest BCUT2D eigenvalue weighted by molar-refractivity contribution is 1.18. The standard InChI is InChI=1S/C48H30N2S/c1-3-13-31(14-4-1)35-26-28-44(48-47(35)39-19-9-12-22-46(39)51-48)50-42-21-11-8-18-37(42)40-29-32(24-27-43(40)50)33-23-25-38-36-17-7-10-20-41(36)49(45(38)30-33)34-15-5-2-6-16-34/h1-30H. The average Bonchev–Trinajstić information content (AvgIpc) is 3.86. The molecule has 0 unspecified atom stereocenters. The maximum Gasteiger partial charge on any atom is 0.0641 e. The topological polar surface area (TPSA) is 9.86 Å². The Morgan fingerprint density at radius 2 is 0.941 bits per heavy atom. The number of rotatable bonds is 4. The number of thiophene rings is 1. The first-order chi connectivity index (χ1) is 25.3. The van der Waals surface area contributed by atoms with Crippen molar-refractivity contribution in [3.05, 3.63) is 182 Å². The van der Waals surface area contributed by atoms with E-state index in [4.69, 9.17) is 0 Å². The average molecular weight is 667 g/mol. The number of aromatic nitrogens is 2. The van der Waals surface area contributed by atoms with Crippen LogP contribution < -0.4 is 0 Å². The Kier molecular flexibility index (Phi) is 6.16. The van der Waals surface area contributed by atoms with E-state index in [1.165, 1.54) is 97.4 Å². The van der Waals surface area contributed by atoms with Crippen molar-refractivity contribution in [2.24, 2.45) is 0 Å². The fourth-order valence-electron chi connectivity index (χ4n) is 8.27. The van der Waals surface area contributed by atoms with E-state index >= 15 is 0 Å². The van der Waals surface area contributed by atoms with Crippen molar-refractivity contribution in [1.82, 2.24) is 9.13 Å². The Balaban J connectivity index is 1.15. The third-order valence-electron chi connectivity index (χ3n) is 10.5. The second-order valence-electron chi connectivity index (χ2n) is 13.3. The van der Waals surface area contributed by atoms with Gasteiger partial charge in [0.15, 0.2) is 0 Å². The van der Waals surface area contributed by atoms with Crippen molar-refractivity contribution >= 4 is 75.1 Å². The van der Waals surface area contributed by atoms with Crippen molar-refractivity contribution in [2.45, 2.75) is 0 Å². The summed E-state index contributed by atoms with van der Waals surface area (Å²) in [4.78, 5) is 0. The monoisotopic (exact) mass is 666 g/mol. The van der Waals surface area contributed by atoms with Crippen LogP contribution in [0.15, 0.2) is 182 Å². The molecule has 3 heterocycles. The lowest BCUT2D eigenvalue weighted by atomic mass is 9.98. The van der Waals surface area contributed by atoms with Gasteiger partial charge < -0.3 is 9.13 Å². The third-order valence-corrected chi connectivity index (χ3v) is 11.7. The van der Waals surface area contributed by atoms with Crippen molar-refractivity contribution in [3.8, 4) is 33.6 Å². The van der Waals surface area contributed by atoms with Crippen LogP contribution in [-0.2, 0) is 0 Å². The normalized spacial score (nSPS) is 11.9. The summed E-state index contributed by atoms with van der Waals surface area (Å²) in [6, 6.07) is 66.6. The van der Waals surface area contributed by atoms with Crippen molar-refractivity contribution < 1.29 is 0 Å². The largest absolute Gasteiger partial charge is 0.309 e. The van der Waals surface area contributed by atoms with Crippen molar-refractivity contribution in [3.63, 3.8) is 0 Å². The van der Waals surface area contributed by atoms with Gasteiger partial charge in [0, 0.05) is 42.7 Å². The molecule has 0 aliphatic carbocycles. The van der Waals surface area contributed by atoms with Gasteiger partial charge in [-0.2, -0.15) is 0 Å². The summed E-state index contributed by atoms with van der Waals surface area (Å²) >= 11 is 1.89. The van der Waals surface area contributed by atoms with E-state index < -0.39 is 0 Å². The highest BCUT2D eigenvalue weighted by Gasteiger charge is 2.20. The summed E-state index contributed by atoms with van der Waals surface area (Å²) < 4.78 is 7.50. The van der Waals surface area contributed by atoms with Crippen LogP contribution in [0.1, 0.15) is 0 Å². The zero-order valence-corrected chi connectivity index (χ0v) is 28.4. The van der Waals surface area contributed by atoms with Gasteiger partial charge in [0.25, 0.3) is 0 Å². The molecule has 0 saturated carbocycles. The van der Waals surface area contributed by atoms with Gasteiger partial charge in [0.2, 0.25) is 0 Å². The highest BCUT2D eigenvalue weighted by atomic mass is 32.1. The van der Waals surface area contributed by atoms with Gasteiger partial charge in [0.05, 0.1) is 32.5 Å². The van der Waals surface area contributed by atoms with Crippen LogP contribution >= 0.6 is 11.3 Å². The molecule has 2 nitrogen and oxygen atoms in total. The Labute approximate surface area is 298 Å². The third kappa shape index (κ3) is 4.22. The summed E-state index contributed by atoms with van der Waals surface area (Å²) in [5, 5.41) is 7.69. The molecule has 0 aliphatic heterocycles. The molecule has 0 fully saturated rings. The van der Waals surface area contributed by atoms with Crippen LogP contribution in [0.3, 0.4) is 0 Å². The summed E-state index contributed by atoms with van der Waals surface area (Å²) in [6.07, 6.45) is 0. The van der Waals surface area contributed by atoms with Gasteiger partial charge in [-0.15, -0.1) is 11.3 Å². The van der Waals surface area contributed by atoms with E-state index in [9.17, 15) is 0 Å². The lowest BCUT2D eigenvalue weighted by Crippen LogP contribution is -1.95. The molecule has 0 atom stereocenters. The molecule has 3 aromatic heterocycles. The fraction of sp³-hybridized carbons (Fsp3) is 0. The van der Waals surface area contributed by atoms with E-state index in [0.717, 1.165) is 0 Å². The van der Waals surface area contributed by atoms with Gasteiger partial charge in [-0.3, -0.25) is 0 Å². The quantitative estimate of drug-likeness (QED) is 0.177. The first-order valence-corrected chi connectivity index (χ1v) is 18.3. The zero-order chi connectivity index (χ0) is 33.5.